The predicted molar refractivity (Wildman–Crippen MR) is 254 cm³/mol. The Labute approximate surface area is 355 Å². The molecule has 0 amide bonds. The Morgan fingerprint density at radius 1 is 0.403 bits per heavy atom. The molecule has 1 unspecified atom stereocenters. The molecule has 12 aromatic rings. The average Bonchev–Trinajstić information content (AvgIpc) is 3.92. The molecule has 0 N–H and O–H groups in total. The second kappa shape index (κ2) is 13.7. The van der Waals surface area contributed by atoms with Crippen molar-refractivity contribution in [3.63, 3.8) is 0 Å². The Morgan fingerprint density at radius 3 is 1.92 bits per heavy atom. The van der Waals surface area contributed by atoms with Crippen molar-refractivity contribution in [1.29, 1.82) is 0 Å². The molecule has 3 heterocycles. The van der Waals surface area contributed by atoms with Crippen molar-refractivity contribution >= 4 is 76.2 Å². The summed E-state index contributed by atoms with van der Waals surface area (Å²) in [6.45, 7) is 0. The van der Waals surface area contributed by atoms with Gasteiger partial charge in [-0.15, -0.1) is 0 Å². The molecule has 0 fully saturated rings. The van der Waals surface area contributed by atoms with Crippen molar-refractivity contribution in [2.75, 3.05) is 0 Å². The lowest BCUT2D eigenvalue weighted by Gasteiger charge is -2.17. The molecule has 13 rings (SSSR count). The monoisotopic (exact) mass is 793 g/mol. The SMILES string of the molecule is C1=CCC(c2cc(-c3cc(-c4nc(-c5ccc6c(ccc7ccccc76)c5)nc(-c5cccc6c5oc5ccccc56)n4)cc4ccccc34)c3c(c2)oc2ccccc23)C=C1. The Bertz CT molecular complexity index is 3870. The number of allylic oxidation sites excluding steroid dienone is 4. The van der Waals surface area contributed by atoms with E-state index in [4.69, 9.17) is 23.8 Å². The first-order valence-corrected chi connectivity index (χ1v) is 21.1. The molecule has 0 aliphatic heterocycles. The summed E-state index contributed by atoms with van der Waals surface area (Å²) in [5, 5.41) is 11.2. The van der Waals surface area contributed by atoms with Crippen LogP contribution in [0.3, 0.4) is 0 Å². The number of hydrogen-bond acceptors (Lipinski definition) is 5. The number of hydrogen-bond donors (Lipinski definition) is 0. The van der Waals surface area contributed by atoms with Crippen LogP contribution in [0.1, 0.15) is 17.9 Å². The van der Waals surface area contributed by atoms with Gasteiger partial charge in [0, 0.05) is 38.6 Å². The first kappa shape index (κ1) is 34.7. The van der Waals surface area contributed by atoms with Crippen LogP contribution in [0.25, 0.3) is 121 Å². The Morgan fingerprint density at radius 2 is 1.06 bits per heavy atom. The minimum absolute atomic E-state index is 0.236. The first-order chi connectivity index (χ1) is 30.7. The number of rotatable bonds is 5. The molecule has 9 aromatic carbocycles. The van der Waals surface area contributed by atoms with Gasteiger partial charge in [0.15, 0.2) is 17.5 Å². The lowest BCUT2D eigenvalue weighted by molar-refractivity contribution is 0.667. The summed E-state index contributed by atoms with van der Waals surface area (Å²) in [6, 6.07) is 59.8. The number of benzene rings is 9. The second-order valence-electron chi connectivity index (χ2n) is 16.2. The van der Waals surface area contributed by atoms with Gasteiger partial charge in [0.2, 0.25) is 0 Å². The fourth-order valence-electron chi connectivity index (χ4n) is 9.62. The average molecular weight is 794 g/mol. The van der Waals surface area contributed by atoms with Gasteiger partial charge in [-0.25, -0.2) is 15.0 Å². The van der Waals surface area contributed by atoms with Gasteiger partial charge in [0.05, 0.1) is 5.56 Å². The summed E-state index contributed by atoms with van der Waals surface area (Å²) in [6.07, 6.45) is 9.73. The van der Waals surface area contributed by atoms with Gasteiger partial charge in [-0.2, -0.15) is 0 Å². The van der Waals surface area contributed by atoms with Crippen molar-refractivity contribution in [3.8, 4) is 45.3 Å². The molecule has 1 atom stereocenters. The molecule has 5 heteroatoms. The van der Waals surface area contributed by atoms with Crippen LogP contribution in [0.15, 0.2) is 203 Å². The third kappa shape index (κ3) is 5.52. The van der Waals surface area contributed by atoms with Crippen LogP contribution in [-0.4, -0.2) is 15.0 Å². The van der Waals surface area contributed by atoms with Crippen molar-refractivity contribution in [2.24, 2.45) is 0 Å². The van der Waals surface area contributed by atoms with E-state index in [1.54, 1.807) is 0 Å². The van der Waals surface area contributed by atoms with Crippen LogP contribution in [0, 0.1) is 0 Å². The maximum Gasteiger partial charge on any atom is 0.167 e. The van der Waals surface area contributed by atoms with E-state index >= 15 is 0 Å². The molecule has 0 bridgehead atoms. The number of para-hydroxylation sites is 3. The van der Waals surface area contributed by atoms with E-state index in [9.17, 15) is 0 Å². The zero-order chi connectivity index (χ0) is 40.7. The normalized spacial score (nSPS) is 14.1. The molecule has 0 spiro atoms. The zero-order valence-electron chi connectivity index (χ0n) is 33.4. The molecular weight excluding hydrogens is 759 g/mol. The standard InChI is InChI=1S/C57H35N3O2/c1-2-13-34(14-3-1)39-31-49(53-46-20-9-11-24-51(46)61-52(53)33-39)48-32-40(30-36-16-5-7-18-42(36)48)56-58-55(38-27-28-43-37(29-38)26-25-35-15-4-6-17-41(35)43)59-57(60-56)47-22-12-21-45-44-19-8-10-23-50(44)62-54(45)47/h1-13,15-34H,14H2. The highest BCUT2D eigenvalue weighted by Gasteiger charge is 2.22. The van der Waals surface area contributed by atoms with E-state index in [0.717, 1.165) is 94.3 Å². The van der Waals surface area contributed by atoms with E-state index in [0.29, 0.717) is 17.5 Å². The van der Waals surface area contributed by atoms with Crippen LogP contribution in [0.4, 0.5) is 0 Å². The zero-order valence-corrected chi connectivity index (χ0v) is 33.4. The van der Waals surface area contributed by atoms with Gasteiger partial charge in [-0.1, -0.05) is 146 Å². The highest BCUT2D eigenvalue weighted by molar-refractivity contribution is 6.16. The Balaban J connectivity index is 1.07. The molecule has 0 saturated carbocycles. The van der Waals surface area contributed by atoms with Gasteiger partial charge in [0.25, 0.3) is 0 Å². The van der Waals surface area contributed by atoms with E-state index in [2.05, 4.69) is 164 Å². The summed E-state index contributed by atoms with van der Waals surface area (Å²) < 4.78 is 13.2. The smallest absolute Gasteiger partial charge is 0.167 e. The second-order valence-corrected chi connectivity index (χ2v) is 16.2. The molecule has 0 saturated heterocycles. The Hall–Kier alpha value is -8.15. The summed E-state index contributed by atoms with van der Waals surface area (Å²) in [5.41, 5.74) is 9.35. The van der Waals surface area contributed by atoms with Crippen LogP contribution in [0.2, 0.25) is 0 Å². The predicted octanol–water partition coefficient (Wildman–Crippen LogP) is 15.4. The van der Waals surface area contributed by atoms with Crippen molar-refractivity contribution in [3.05, 3.63) is 200 Å². The van der Waals surface area contributed by atoms with Gasteiger partial charge in [-0.05, 0) is 104 Å². The third-order valence-corrected chi connectivity index (χ3v) is 12.6. The first-order valence-electron chi connectivity index (χ1n) is 21.1. The molecule has 5 nitrogen and oxygen atoms in total. The van der Waals surface area contributed by atoms with Crippen LogP contribution < -0.4 is 0 Å². The lowest BCUT2D eigenvalue weighted by Crippen LogP contribution is -2.01. The van der Waals surface area contributed by atoms with E-state index in [1.807, 2.05) is 30.3 Å². The van der Waals surface area contributed by atoms with Crippen molar-refractivity contribution in [2.45, 2.75) is 12.3 Å². The van der Waals surface area contributed by atoms with Gasteiger partial charge in [0.1, 0.15) is 22.3 Å². The molecule has 0 radical (unpaired) electrons. The van der Waals surface area contributed by atoms with Gasteiger partial charge < -0.3 is 8.83 Å². The number of furan rings is 2. The summed E-state index contributed by atoms with van der Waals surface area (Å²) in [5.74, 6) is 1.95. The minimum Gasteiger partial charge on any atom is -0.456 e. The number of aromatic nitrogens is 3. The molecule has 62 heavy (non-hydrogen) atoms. The molecule has 3 aromatic heterocycles. The summed E-state index contributed by atoms with van der Waals surface area (Å²) >= 11 is 0. The van der Waals surface area contributed by atoms with Crippen LogP contribution in [-0.2, 0) is 0 Å². The molecular formula is C57H35N3O2. The van der Waals surface area contributed by atoms with Crippen LogP contribution in [0.5, 0.6) is 0 Å². The number of fused-ring (bicyclic) bond motifs is 10. The van der Waals surface area contributed by atoms with Gasteiger partial charge >= 0.3 is 0 Å². The number of nitrogens with zero attached hydrogens (tertiary/aromatic N) is 3. The quantitative estimate of drug-likeness (QED) is 0.162. The largest absolute Gasteiger partial charge is 0.456 e. The highest BCUT2D eigenvalue weighted by Crippen LogP contribution is 2.44. The van der Waals surface area contributed by atoms with Gasteiger partial charge in [-0.3, -0.25) is 0 Å². The fourth-order valence-corrected chi connectivity index (χ4v) is 9.62. The maximum atomic E-state index is 6.63. The highest BCUT2D eigenvalue weighted by atomic mass is 16.3. The topological polar surface area (TPSA) is 65.0 Å². The Kier molecular flexibility index (Phi) is 7.66. The van der Waals surface area contributed by atoms with E-state index < -0.39 is 0 Å². The molecule has 290 valence electrons. The fraction of sp³-hybridized carbons (Fsp3) is 0.0351. The summed E-state index contributed by atoms with van der Waals surface area (Å²) in [4.78, 5) is 15.9. The minimum atomic E-state index is 0.236. The summed E-state index contributed by atoms with van der Waals surface area (Å²) in [7, 11) is 0. The van der Waals surface area contributed by atoms with Crippen molar-refractivity contribution < 1.29 is 8.83 Å². The van der Waals surface area contributed by atoms with E-state index in [1.165, 1.54) is 21.7 Å². The van der Waals surface area contributed by atoms with Crippen molar-refractivity contribution in [1.82, 2.24) is 15.0 Å². The molecule has 1 aliphatic carbocycles. The molecule has 1 aliphatic rings. The lowest BCUT2D eigenvalue weighted by atomic mass is 9.86. The maximum absolute atomic E-state index is 6.63. The third-order valence-electron chi connectivity index (χ3n) is 12.6. The van der Waals surface area contributed by atoms with E-state index in [-0.39, 0.29) is 5.92 Å². The van der Waals surface area contributed by atoms with Crippen LogP contribution >= 0.6 is 0 Å².